The fourth-order valence-corrected chi connectivity index (χ4v) is 8.24. The van der Waals surface area contributed by atoms with Crippen molar-refractivity contribution >= 4 is 12.1 Å². The second-order valence-electron chi connectivity index (χ2n) is 17.6. The fraction of sp³-hybridized carbons (Fsp3) is 0.759. The normalized spacial score (nSPS) is 15.2. The van der Waals surface area contributed by atoms with Gasteiger partial charge in [0.15, 0.2) is 6.29 Å². The van der Waals surface area contributed by atoms with Crippen LogP contribution in [0.25, 0.3) is 0 Å². The number of likely N-dealkylation sites (tertiary alicyclic amines) is 1. The molecule has 1 aromatic rings. The van der Waals surface area contributed by atoms with Crippen LogP contribution >= 0.6 is 0 Å². The van der Waals surface area contributed by atoms with Crippen LogP contribution in [-0.2, 0) is 48.1 Å². The van der Waals surface area contributed by atoms with Crippen molar-refractivity contribution in [2.24, 2.45) is 11.8 Å². The summed E-state index contributed by atoms with van der Waals surface area (Å²) in [5, 5.41) is 0. The number of ether oxygens (including phenoxy) is 5. The van der Waals surface area contributed by atoms with Gasteiger partial charge < -0.3 is 28.6 Å². The molecule has 1 radical (unpaired) electrons. The number of allylic oxidation sites excluding steroid dienone is 4. The average Bonchev–Trinajstić information content (AvgIpc) is 3.29. The molecular formula is C54H92NO7. The molecule has 0 spiro atoms. The van der Waals surface area contributed by atoms with Gasteiger partial charge in [-0.05, 0) is 125 Å². The van der Waals surface area contributed by atoms with Gasteiger partial charge in [-0.1, -0.05) is 142 Å². The third-order valence-corrected chi connectivity index (χ3v) is 12.0. The minimum Gasteiger partial charge on any atom is -0.461 e. The monoisotopic (exact) mass is 867 g/mol. The summed E-state index contributed by atoms with van der Waals surface area (Å²) >= 11 is 0. The quantitative estimate of drug-likeness (QED) is 0.0280. The lowest BCUT2D eigenvalue weighted by molar-refractivity contribution is -0.160. The zero-order valence-corrected chi connectivity index (χ0v) is 40.5. The molecule has 0 aliphatic carbocycles. The van der Waals surface area contributed by atoms with E-state index >= 15 is 0 Å². The maximum absolute atomic E-state index is 13.2. The minimum absolute atomic E-state index is 0.119. The zero-order chi connectivity index (χ0) is 44.7. The molecule has 2 unspecified atom stereocenters. The van der Waals surface area contributed by atoms with Crippen molar-refractivity contribution < 1.29 is 33.3 Å². The summed E-state index contributed by atoms with van der Waals surface area (Å²) in [4.78, 5) is 28.4. The Bertz CT molecular complexity index is 1270. The Morgan fingerprint density at radius 2 is 1.31 bits per heavy atom. The maximum Gasteiger partial charge on any atom is 0.508 e. The first-order valence-electron chi connectivity index (χ1n) is 25.5. The molecule has 0 bridgehead atoms. The van der Waals surface area contributed by atoms with E-state index in [1.807, 2.05) is 6.07 Å². The van der Waals surface area contributed by atoms with Gasteiger partial charge in [0.25, 0.3) is 0 Å². The van der Waals surface area contributed by atoms with Crippen LogP contribution < -0.4 is 0 Å². The summed E-state index contributed by atoms with van der Waals surface area (Å²) in [6.45, 7) is 16.0. The van der Waals surface area contributed by atoms with Crippen LogP contribution in [0, 0.1) is 18.3 Å². The highest BCUT2D eigenvalue weighted by atomic mass is 16.7. The van der Waals surface area contributed by atoms with Crippen molar-refractivity contribution in [3.63, 3.8) is 0 Å². The number of benzene rings is 1. The number of carbonyl (C=O) groups excluding carboxylic acids is 2. The van der Waals surface area contributed by atoms with E-state index in [0.717, 1.165) is 108 Å². The van der Waals surface area contributed by atoms with Gasteiger partial charge in [0.2, 0.25) is 0 Å². The smallest absolute Gasteiger partial charge is 0.461 e. The summed E-state index contributed by atoms with van der Waals surface area (Å²) in [6, 6.07) is 6.33. The van der Waals surface area contributed by atoms with Crippen molar-refractivity contribution in [1.29, 1.82) is 0 Å². The lowest BCUT2D eigenvalue weighted by Crippen LogP contribution is -2.37. The lowest BCUT2D eigenvalue weighted by Gasteiger charge is -2.31. The van der Waals surface area contributed by atoms with Gasteiger partial charge in [0.1, 0.15) is 13.2 Å². The molecule has 1 aliphatic rings. The second-order valence-corrected chi connectivity index (χ2v) is 17.6. The van der Waals surface area contributed by atoms with Gasteiger partial charge in [-0.25, -0.2) is 4.79 Å². The van der Waals surface area contributed by atoms with E-state index in [4.69, 9.17) is 23.7 Å². The molecule has 0 aromatic heterocycles. The summed E-state index contributed by atoms with van der Waals surface area (Å²) in [6.07, 6.45) is 37.4. The molecule has 0 N–H and O–H groups in total. The SMILES string of the molecule is CC/C=C\CCCCOC(CCC(=O)OCc1cc(CCC(CCCC[CH]CCC)CCCCCC)cc(COC(=O)OCC2CCCN(CC)C2)c1)OCCCC/C=C\CC. The largest absolute Gasteiger partial charge is 0.508 e. The molecule has 1 aliphatic heterocycles. The molecule has 1 heterocycles. The van der Waals surface area contributed by atoms with Crippen LogP contribution in [0.1, 0.15) is 205 Å². The number of nitrogens with zero attached hydrogens (tertiary/aromatic N) is 1. The Labute approximate surface area is 380 Å². The predicted octanol–water partition coefficient (Wildman–Crippen LogP) is 14.6. The van der Waals surface area contributed by atoms with Crippen LogP contribution in [0.15, 0.2) is 42.5 Å². The Morgan fingerprint density at radius 1 is 0.661 bits per heavy atom. The van der Waals surface area contributed by atoms with Crippen molar-refractivity contribution in [1.82, 2.24) is 4.90 Å². The molecule has 8 nitrogen and oxygen atoms in total. The van der Waals surface area contributed by atoms with Gasteiger partial charge in [-0.2, -0.15) is 0 Å². The molecule has 0 amide bonds. The summed E-state index contributed by atoms with van der Waals surface area (Å²) in [7, 11) is 0. The first-order valence-corrected chi connectivity index (χ1v) is 25.5. The number of esters is 1. The molecular weight excluding hydrogens is 775 g/mol. The summed E-state index contributed by atoms with van der Waals surface area (Å²) < 4.78 is 29.5. The standard InChI is InChI=1S/C54H92NO7/c1-6-11-15-19-22-26-31-47(30-25-18-14-9-4)33-34-48-40-50(42-51(41-48)46-62-54(57)61-44-49-32-29-37-55(10-5)43-49)45-60-52(56)35-36-53(58-38-27-23-20-16-12-7-2)59-39-28-24-21-17-13-8-3/h12-13,15-17,40-42,47,49,53H,6-11,14,18-39,43-46H2,1-5H3/b16-12-,17-13-. The van der Waals surface area contributed by atoms with E-state index in [9.17, 15) is 9.59 Å². The number of hydrogen-bond donors (Lipinski definition) is 0. The number of hydrogen-bond acceptors (Lipinski definition) is 8. The third-order valence-electron chi connectivity index (χ3n) is 12.0. The maximum atomic E-state index is 13.2. The van der Waals surface area contributed by atoms with Crippen LogP contribution in [0.5, 0.6) is 0 Å². The molecule has 1 saturated heterocycles. The zero-order valence-electron chi connectivity index (χ0n) is 40.5. The molecule has 355 valence electrons. The number of piperidine rings is 1. The predicted molar refractivity (Wildman–Crippen MR) is 257 cm³/mol. The summed E-state index contributed by atoms with van der Waals surface area (Å²) in [5.74, 6) is 0.761. The van der Waals surface area contributed by atoms with E-state index in [-0.39, 0.29) is 25.6 Å². The van der Waals surface area contributed by atoms with Crippen molar-refractivity contribution in [2.75, 3.05) is 39.5 Å². The molecule has 1 fully saturated rings. The second kappa shape index (κ2) is 38.8. The van der Waals surface area contributed by atoms with Gasteiger partial charge in [-0.3, -0.25) is 4.79 Å². The highest BCUT2D eigenvalue weighted by Crippen LogP contribution is 2.25. The Morgan fingerprint density at radius 3 is 1.95 bits per heavy atom. The third kappa shape index (κ3) is 29.6. The Hall–Kier alpha value is -2.68. The first-order chi connectivity index (χ1) is 30.4. The van der Waals surface area contributed by atoms with Crippen LogP contribution in [0.3, 0.4) is 0 Å². The molecule has 8 heteroatoms. The highest BCUT2D eigenvalue weighted by molar-refractivity contribution is 5.69. The Kier molecular flexibility index (Phi) is 34.7. The molecule has 0 saturated carbocycles. The van der Waals surface area contributed by atoms with E-state index in [1.54, 1.807) is 0 Å². The number of carbonyl (C=O) groups is 2. The van der Waals surface area contributed by atoms with Crippen LogP contribution in [0.4, 0.5) is 4.79 Å². The highest BCUT2D eigenvalue weighted by Gasteiger charge is 2.21. The molecule has 2 atom stereocenters. The van der Waals surface area contributed by atoms with Gasteiger partial charge in [0.05, 0.1) is 13.0 Å². The van der Waals surface area contributed by atoms with E-state index in [2.05, 4.69) is 82.4 Å². The van der Waals surface area contributed by atoms with Gasteiger partial charge in [-0.15, -0.1) is 0 Å². The van der Waals surface area contributed by atoms with Crippen molar-refractivity contribution in [3.05, 3.63) is 65.6 Å². The Balaban J connectivity index is 2.06. The van der Waals surface area contributed by atoms with Gasteiger partial charge >= 0.3 is 12.1 Å². The molecule has 2 rings (SSSR count). The fourth-order valence-electron chi connectivity index (χ4n) is 8.24. The lowest BCUT2D eigenvalue weighted by atomic mass is 9.88. The molecule has 62 heavy (non-hydrogen) atoms. The summed E-state index contributed by atoms with van der Waals surface area (Å²) in [5.41, 5.74) is 3.00. The van der Waals surface area contributed by atoms with Crippen molar-refractivity contribution in [2.45, 2.75) is 215 Å². The van der Waals surface area contributed by atoms with E-state index in [0.29, 0.717) is 38.1 Å². The average molecular weight is 867 g/mol. The van der Waals surface area contributed by atoms with E-state index < -0.39 is 12.4 Å². The molecule has 1 aromatic carbocycles. The first kappa shape index (κ1) is 55.5. The minimum atomic E-state index is -0.624. The van der Waals surface area contributed by atoms with E-state index in [1.165, 1.54) is 76.2 Å². The van der Waals surface area contributed by atoms with Gasteiger partial charge in [0, 0.05) is 32.1 Å². The number of unbranched alkanes of at least 4 members (excludes halogenated alkanes) is 12. The van der Waals surface area contributed by atoms with Crippen LogP contribution in [0.2, 0.25) is 0 Å². The van der Waals surface area contributed by atoms with Crippen LogP contribution in [-0.4, -0.2) is 62.8 Å². The number of rotatable bonds is 39. The number of aryl methyl sites for hydroxylation is 1. The topological polar surface area (TPSA) is 83.5 Å². The van der Waals surface area contributed by atoms with Crippen molar-refractivity contribution in [3.8, 4) is 0 Å².